The molecule has 2 nitrogen and oxygen atoms in total. The quantitative estimate of drug-likeness (QED) is 0.273. The van der Waals surface area contributed by atoms with Gasteiger partial charge in [0.2, 0.25) is 0 Å². The van der Waals surface area contributed by atoms with E-state index in [1.165, 1.54) is 57.8 Å². The lowest BCUT2D eigenvalue weighted by Gasteiger charge is -2.61. The predicted octanol–water partition coefficient (Wildman–Crippen LogP) is 7.78. The fourth-order valence-corrected chi connectivity index (χ4v) is 9.82. The average molecular weight is 459 g/mol. The van der Waals surface area contributed by atoms with E-state index < -0.39 is 0 Å². The molecule has 4 aliphatic rings. The summed E-state index contributed by atoms with van der Waals surface area (Å²) >= 11 is 0. The van der Waals surface area contributed by atoms with Crippen molar-refractivity contribution >= 4 is 0 Å². The number of fused-ring (bicyclic) bond motifs is 5. The van der Waals surface area contributed by atoms with Gasteiger partial charge in [-0.05, 0) is 110 Å². The van der Waals surface area contributed by atoms with E-state index in [9.17, 15) is 10.2 Å². The Hall–Kier alpha value is -0.340. The number of allylic oxidation sites excluding steroid dienone is 1. The summed E-state index contributed by atoms with van der Waals surface area (Å²) in [5.41, 5.74) is 2.41. The lowest BCUT2D eigenvalue weighted by Crippen LogP contribution is -2.53. The summed E-state index contributed by atoms with van der Waals surface area (Å²) in [5, 5.41) is 20.0. The molecule has 9 atom stereocenters. The van der Waals surface area contributed by atoms with Gasteiger partial charge in [-0.3, -0.25) is 0 Å². The molecule has 2 heteroatoms. The van der Waals surface area contributed by atoms with Crippen LogP contribution in [0.5, 0.6) is 0 Å². The van der Waals surface area contributed by atoms with Crippen LogP contribution in [-0.4, -0.2) is 22.9 Å². The molecule has 33 heavy (non-hydrogen) atoms. The van der Waals surface area contributed by atoms with Crippen LogP contribution in [-0.2, 0) is 0 Å². The largest absolute Gasteiger partial charge is 0.396 e. The van der Waals surface area contributed by atoms with E-state index in [4.69, 9.17) is 0 Å². The van der Waals surface area contributed by atoms with Crippen molar-refractivity contribution in [2.24, 2.45) is 52.3 Å². The first kappa shape index (κ1) is 25.7. The smallest absolute Gasteiger partial charge is 0.0580 e. The van der Waals surface area contributed by atoms with Crippen LogP contribution in [0.4, 0.5) is 0 Å². The molecule has 4 rings (SSSR count). The number of unbranched alkanes of at least 4 members (excludes halogenated alkanes) is 1. The Morgan fingerprint density at radius 1 is 1.00 bits per heavy atom. The van der Waals surface area contributed by atoms with Gasteiger partial charge in [0.15, 0.2) is 0 Å². The van der Waals surface area contributed by atoms with E-state index in [1.807, 2.05) is 0 Å². The third-order valence-electron chi connectivity index (χ3n) is 11.6. The standard InChI is InChI=1S/C31H54O2/c1-21(2)9-8-10-22(3)27-14-15-28-26-13-12-24-20-25(33)19-23(11-6-7-18-32)31(24,5)29(26)16-17-30(27,28)4/h12,21-23,25-29,32-33H,6-11,13-20H2,1-5H3/t22-,23?,25+,26+,27-,28+,29+,30-,31+/m1/s1. The summed E-state index contributed by atoms with van der Waals surface area (Å²) in [6.45, 7) is 12.9. The minimum Gasteiger partial charge on any atom is -0.396 e. The van der Waals surface area contributed by atoms with Crippen molar-refractivity contribution in [2.75, 3.05) is 6.61 Å². The van der Waals surface area contributed by atoms with Crippen molar-refractivity contribution in [1.82, 2.24) is 0 Å². The van der Waals surface area contributed by atoms with Gasteiger partial charge in [0.1, 0.15) is 0 Å². The monoisotopic (exact) mass is 458 g/mol. The van der Waals surface area contributed by atoms with Crippen LogP contribution in [0.25, 0.3) is 0 Å². The molecular formula is C31H54O2. The Labute approximate surface area is 205 Å². The van der Waals surface area contributed by atoms with Crippen molar-refractivity contribution in [2.45, 2.75) is 124 Å². The topological polar surface area (TPSA) is 40.5 Å². The Morgan fingerprint density at radius 2 is 1.79 bits per heavy atom. The summed E-state index contributed by atoms with van der Waals surface area (Å²) in [6.07, 6.45) is 18.7. The third kappa shape index (κ3) is 4.74. The zero-order valence-electron chi connectivity index (χ0n) is 22.5. The van der Waals surface area contributed by atoms with Gasteiger partial charge in [-0.15, -0.1) is 0 Å². The van der Waals surface area contributed by atoms with Gasteiger partial charge < -0.3 is 10.2 Å². The summed E-state index contributed by atoms with van der Waals surface area (Å²) in [5.74, 6) is 5.76. The second kappa shape index (κ2) is 10.3. The van der Waals surface area contributed by atoms with E-state index in [1.54, 1.807) is 5.57 Å². The molecular weight excluding hydrogens is 404 g/mol. The lowest BCUT2D eigenvalue weighted by atomic mass is 9.44. The van der Waals surface area contributed by atoms with Crippen LogP contribution in [0.1, 0.15) is 118 Å². The van der Waals surface area contributed by atoms with E-state index in [0.717, 1.165) is 61.2 Å². The third-order valence-corrected chi connectivity index (χ3v) is 11.6. The Bertz CT molecular complexity index is 682. The van der Waals surface area contributed by atoms with Crippen LogP contribution >= 0.6 is 0 Å². The highest BCUT2D eigenvalue weighted by Gasteiger charge is 2.60. The highest BCUT2D eigenvalue weighted by Crippen LogP contribution is 2.68. The van der Waals surface area contributed by atoms with E-state index >= 15 is 0 Å². The van der Waals surface area contributed by atoms with Gasteiger partial charge in [0.25, 0.3) is 0 Å². The fourth-order valence-electron chi connectivity index (χ4n) is 9.82. The molecule has 0 aliphatic heterocycles. The van der Waals surface area contributed by atoms with Crippen LogP contribution in [0, 0.1) is 52.3 Å². The Morgan fingerprint density at radius 3 is 2.52 bits per heavy atom. The molecule has 0 bridgehead atoms. The minimum atomic E-state index is -0.156. The van der Waals surface area contributed by atoms with Gasteiger partial charge in [-0.2, -0.15) is 0 Å². The van der Waals surface area contributed by atoms with Crippen molar-refractivity contribution in [3.63, 3.8) is 0 Å². The zero-order chi connectivity index (χ0) is 23.8. The van der Waals surface area contributed by atoms with E-state index in [2.05, 4.69) is 40.7 Å². The molecule has 2 N–H and O–H groups in total. The fraction of sp³-hybridized carbons (Fsp3) is 0.935. The predicted molar refractivity (Wildman–Crippen MR) is 139 cm³/mol. The average Bonchev–Trinajstić information content (AvgIpc) is 3.11. The lowest BCUT2D eigenvalue weighted by molar-refractivity contribution is -0.0810. The second-order valence-corrected chi connectivity index (χ2v) is 13.7. The maximum atomic E-state index is 10.7. The minimum absolute atomic E-state index is 0.156. The van der Waals surface area contributed by atoms with Crippen LogP contribution < -0.4 is 0 Å². The number of hydrogen-bond acceptors (Lipinski definition) is 2. The van der Waals surface area contributed by atoms with Crippen molar-refractivity contribution in [3.8, 4) is 0 Å². The number of hydrogen-bond donors (Lipinski definition) is 2. The van der Waals surface area contributed by atoms with Gasteiger partial charge in [-0.25, -0.2) is 0 Å². The first-order valence-electron chi connectivity index (χ1n) is 14.7. The molecule has 0 amide bonds. The zero-order valence-corrected chi connectivity index (χ0v) is 22.5. The van der Waals surface area contributed by atoms with Gasteiger partial charge in [-0.1, -0.05) is 72.0 Å². The maximum Gasteiger partial charge on any atom is 0.0580 e. The van der Waals surface area contributed by atoms with Crippen LogP contribution in [0.2, 0.25) is 0 Å². The summed E-state index contributed by atoms with van der Waals surface area (Å²) < 4.78 is 0. The highest BCUT2D eigenvalue weighted by atomic mass is 16.3. The Balaban J connectivity index is 1.52. The van der Waals surface area contributed by atoms with Crippen LogP contribution in [0.3, 0.4) is 0 Å². The number of rotatable bonds is 9. The number of aliphatic hydroxyl groups excluding tert-OH is 2. The molecule has 4 aliphatic carbocycles. The summed E-state index contributed by atoms with van der Waals surface area (Å²) in [7, 11) is 0. The molecule has 0 aromatic rings. The molecule has 0 spiro atoms. The Kier molecular flexibility index (Phi) is 8.06. The number of aliphatic hydroxyl groups is 2. The highest BCUT2D eigenvalue weighted by molar-refractivity contribution is 5.27. The van der Waals surface area contributed by atoms with Crippen LogP contribution in [0.15, 0.2) is 11.6 Å². The second-order valence-electron chi connectivity index (χ2n) is 13.7. The molecule has 3 fully saturated rings. The van der Waals surface area contributed by atoms with E-state index in [-0.39, 0.29) is 11.5 Å². The molecule has 1 unspecified atom stereocenters. The first-order chi connectivity index (χ1) is 15.7. The van der Waals surface area contributed by atoms with Crippen molar-refractivity contribution < 1.29 is 10.2 Å². The summed E-state index contributed by atoms with van der Waals surface area (Å²) in [6, 6.07) is 0. The van der Waals surface area contributed by atoms with Crippen molar-refractivity contribution in [1.29, 1.82) is 0 Å². The van der Waals surface area contributed by atoms with Crippen molar-refractivity contribution in [3.05, 3.63) is 11.6 Å². The molecule has 0 saturated heterocycles. The molecule has 0 aromatic carbocycles. The molecule has 0 heterocycles. The van der Waals surface area contributed by atoms with Gasteiger partial charge in [0, 0.05) is 6.61 Å². The maximum absolute atomic E-state index is 10.7. The van der Waals surface area contributed by atoms with E-state index in [0.29, 0.717) is 17.9 Å². The van der Waals surface area contributed by atoms with Gasteiger partial charge >= 0.3 is 0 Å². The normalized spacial score (nSPS) is 43.6. The molecule has 0 radical (unpaired) electrons. The molecule has 3 saturated carbocycles. The summed E-state index contributed by atoms with van der Waals surface area (Å²) in [4.78, 5) is 0. The molecule has 190 valence electrons. The molecule has 0 aromatic heterocycles. The first-order valence-corrected chi connectivity index (χ1v) is 14.7. The van der Waals surface area contributed by atoms with Gasteiger partial charge in [0.05, 0.1) is 6.10 Å². The SMILES string of the molecule is CC(C)CCC[C@@H](C)[C@H]1CC[C@H]2[C@@H]3CC=C4C[C@@H](O)CC(CCCCO)[C@]4(C)[C@H]3CC[C@]12C.